The van der Waals surface area contributed by atoms with Crippen LogP contribution in [-0.2, 0) is 25.7 Å². The number of hydrogen-bond acceptors (Lipinski definition) is 3. The first kappa shape index (κ1) is 39.2. The molecule has 4 aromatic heterocycles. The van der Waals surface area contributed by atoms with Gasteiger partial charge in [-0.25, -0.2) is 0 Å². The van der Waals surface area contributed by atoms with Crippen molar-refractivity contribution in [3.8, 4) is 73.0 Å². The monoisotopic (exact) mass is 810 g/mol. The predicted octanol–water partition coefficient (Wildman–Crippen LogP) is 14.2. The zero-order chi connectivity index (χ0) is 42.2. The smallest absolute Gasteiger partial charge is 0.0702 e. The Labute approximate surface area is 369 Å². The van der Waals surface area contributed by atoms with E-state index >= 15 is 0 Å². The van der Waals surface area contributed by atoms with Gasteiger partial charge in [0.2, 0.25) is 0 Å². The van der Waals surface area contributed by atoms with Crippen LogP contribution in [0.5, 0.6) is 0 Å². The fraction of sp³-hybridized carbons (Fsp3) is 0.0678. The minimum absolute atomic E-state index is 0.932. The second-order valence-electron chi connectivity index (χ2n) is 16.0. The molecule has 0 atom stereocenters. The number of nitrogens with zero attached hydrogens (tertiary/aromatic N) is 4. The van der Waals surface area contributed by atoms with Crippen LogP contribution in [0.1, 0.15) is 22.3 Å². The number of aromatic nitrogens is 4. The van der Waals surface area contributed by atoms with E-state index in [-0.39, 0.29) is 0 Å². The highest BCUT2D eigenvalue weighted by Crippen LogP contribution is 2.36. The van der Waals surface area contributed by atoms with Gasteiger partial charge in [0.1, 0.15) is 0 Å². The van der Waals surface area contributed by atoms with Gasteiger partial charge >= 0.3 is 0 Å². The third-order valence-corrected chi connectivity index (χ3v) is 11.9. The van der Waals surface area contributed by atoms with Crippen LogP contribution in [0.2, 0.25) is 0 Å². The van der Waals surface area contributed by atoms with Gasteiger partial charge in [-0.3, -0.25) is 15.0 Å². The van der Waals surface area contributed by atoms with Crippen LogP contribution in [0.3, 0.4) is 0 Å². The van der Waals surface area contributed by atoms with Crippen LogP contribution < -0.4 is 0 Å². The van der Waals surface area contributed by atoms with E-state index in [1.165, 1.54) is 38.9 Å². The lowest BCUT2D eigenvalue weighted by Gasteiger charge is -2.18. The predicted molar refractivity (Wildman–Crippen MR) is 259 cm³/mol. The largest absolute Gasteiger partial charge is 0.316 e. The molecule has 0 aliphatic carbocycles. The van der Waals surface area contributed by atoms with Crippen molar-refractivity contribution in [2.24, 2.45) is 0 Å². The molecule has 0 saturated heterocycles. The molecular formula is C59H46N4. The summed E-state index contributed by atoms with van der Waals surface area (Å²) >= 11 is 0. The van der Waals surface area contributed by atoms with Gasteiger partial charge in [-0.05, 0) is 143 Å². The van der Waals surface area contributed by atoms with Gasteiger partial charge in [-0.15, -0.1) is 0 Å². The van der Waals surface area contributed by atoms with Gasteiger partial charge in [-0.1, -0.05) is 133 Å². The first-order valence-corrected chi connectivity index (χ1v) is 21.7. The van der Waals surface area contributed by atoms with E-state index in [4.69, 9.17) is 4.98 Å². The van der Waals surface area contributed by atoms with Gasteiger partial charge in [0.15, 0.2) is 0 Å². The Kier molecular flexibility index (Phi) is 11.4. The molecule has 6 aromatic carbocycles. The summed E-state index contributed by atoms with van der Waals surface area (Å²) in [6, 6.07) is 73.9. The molecule has 302 valence electrons. The van der Waals surface area contributed by atoms with Crippen LogP contribution in [0.4, 0.5) is 0 Å². The van der Waals surface area contributed by atoms with E-state index in [9.17, 15) is 0 Å². The van der Waals surface area contributed by atoms with E-state index in [1.54, 1.807) is 0 Å². The Morgan fingerprint density at radius 3 is 1.30 bits per heavy atom. The van der Waals surface area contributed by atoms with E-state index in [0.717, 1.165) is 82.0 Å². The highest BCUT2D eigenvalue weighted by molar-refractivity contribution is 5.82. The van der Waals surface area contributed by atoms with Crippen LogP contribution in [0, 0.1) is 0 Å². The summed E-state index contributed by atoms with van der Waals surface area (Å²) in [6.07, 6.45) is 11.5. The fourth-order valence-corrected chi connectivity index (χ4v) is 8.50. The number of hydrogen-bond donors (Lipinski definition) is 0. The maximum Gasteiger partial charge on any atom is 0.0702 e. The summed E-state index contributed by atoms with van der Waals surface area (Å²) in [5.74, 6) is 0. The molecule has 0 aliphatic rings. The Bertz CT molecular complexity index is 2940. The van der Waals surface area contributed by atoms with Gasteiger partial charge in [0.05, 0.1) is 28.5 Å². The lowest BCUT2D eigenvalue weighted by molar-refractivity contribution is 0.930. The van der Waals surface area contributed by atoms with Crippen molar-refractivity contribution in [1.29, 1.82) is 0 Å². The van der Waals surface area contributed by atoms with Crippen molar-refractivity contribution >= 4 is 0 Å². The molecule has 0 bridgehead atoms. The van der Waals surface area contributed by atoms with Crippen molar-refractivity contribution in [3.05, 3.63) is 253 Å². The van der Waals surface area contributed by atoms with Crippen LogP contribution in [0.15, 0.2) is 231 Å². The molecule has 0 unspecified atom stereocenters. The fourth-order valence-electron chi connectivity index (χ4n) is 8.50. The molecule has 4 heterocycles. The molecule has 10 rings (SSSR count). The standard InChI is InChI=1S/C59H46N4/c1-2-11-47(12-3-1)48-29-31-49(32-30-48)54-42-52(57-15-6-9-37-62-57)33-34-59(54)63-38-10-16-58(63)53-40-45(19-17-43-21-25-50(26-22-43)55-13-4-7-35-60-55)39-46(41-53)20-18-44-23-27-51(28-24-44)56-14-5-8-36-61-56/h1-16,21-42H,17-20H2. The molecule has 4 nitrogen and oxygen atoms in total. The van der Waals surface area contributed by atoms with Crippen molar-refractivity contribution in [1.82, 2.24) is 19.5 Å². The Morgan fingerprint density at radius 1 is 0.302 bits per heavy atom. The Morgan fingerprint density at radius 2 is 0.762 bits per heavy atom. The normalized spacial score (nSPS) is 11.1. The lowest BCUT2D eigenvalue weighted by Crippen LogP contribution is -2.01. The SMILES string of the molecule is c1ccc(-c2ccc(-c3cc(-c4ccccn4)ccc3-n3cccc3-c3cc(CCc4ccc(-c5ccccn5)cc4)cc(CCc4ccc(-c5ccccn5)cc4)c3)cc2)cc1. The number of aryl methyl sites for hydroxylation is 4. The number of benzene rings is 6. The van der Waals surface area contributed by atoms with E-state index in [2.05, 4.69) is 191 Å². The van der Waals surface area contributed by atoms with Gasteiger partial charge in [0, 0.05) is 47.0 Å². The Balaban J connectivity index is 0.995. The molecule has 0 amide bonds. The third kappa shape index (κ3) is 9.07. The number of pyridine rings is 3. The molecule has 0 spiro atoms. The van der Waals surface area contributed by atoms with Crippen LogP contribution in [0.25, 0.3) is 73.0 Å². The van der Waals surface area contributed by atoms with Gasteiger partial charge in [0.25, 0.3) is 0 Å². The maximum absolute atomic E-state index is 4.72. The molecule has 4 heteroatoms. The first-order valence-electron chi connectivity index (χ1n) is 21.7. The van der Waals surface area contributed by atoms with Crippen LogP contribution >= 0.6 is 0 Å². The second-order valence-corrected chi connectivity index (χ2v) is 16.0. The molecule has 0 fully saturated rings. The molecule has 0 N–H and O–H groups in total. The summed E-state index contributed by atoms with van der Waals surface area (Å²) < 4.78 is 2.36. The maximum atomic E-state index is 4.72. The first-order chi connectivity index (χ1) is 31.2. The minimum Gasteiger partial charge on any atom is -0.316 e. The zero-order valence-electron chi connectivity index (χ0n) is 35.1. The van der Waals surface area contributed by atoms with Gasteiger partial charge in [-0.2, -0.15) is 0 Å². The zero-order valence-corrected chi connectivity index (χ0v) is 35.1. The van der Waals surface area contributed by atoms with E-state index < -0.39 is 0 Å². The molecular weight excluding hydrogens is 765 g/mol. The molecule has 0 saturated carbocycles. The molecule has 0 aliphatic heterocycles. The van der Waals surface area contributed by atoms with E-state index in [1.807, 2.05) is 55.0 Å². The summed E-state index contributed by atoms with van der Waals surface area (Å²) in [5.41, 5.74) is 19.8. The molecule has 0 radical (unpaired) electrons. The Hall–Kier alpha value is -7.95. The topological polar surface area (TPSA) is 43.6 Å². The van der Waals surface area contributed by atoms with Crippen molar-refractivity contribution in [2.45, 2.75) is 25.7 Å². The van der Waals surface area contributed by atoms with Crippen molar-refractivity contribution in [2.75, 3.05) is 0 Å². The summed E-state index contributed by atoms with van der Waals surface area (Å²) in [7, 11) is 0. The molecule has 63 heavy (non-hydrogen) atoms. The average Bonchev–Trinajstić information content (AvgIpc) is 3.87. The highest BCUT2D eigenvalue weighted by Gasteiger charge is 2.16. The summed E-state index contributed by atoms with van der Waals surface area (Å²) in [5, 5.41) is 0. The van der Waals surface area contributed by atoms with Gasteiger partial charge < -0.3 is 4.57 Å². The summed E-state index contributed by atoms with van der Waals surface area (Å²) in [4.78, 5) is 13.8. The lowest BCUT2D eigenvalue weighted by atomic mass is 9.94. The van der Waals surface area contributed by atoms with Crippen molar-refractivity contribution < 1.29 is 0 Å². The third-order valence-electron chi connectivity index (χ3n) is 11.9. The minimum atomic E-state index is 0.932. The quantitative estimate of drug-likeness (QED) is 0.116. The van der Waals surface area contributed by atoms with Crippen molar-refractivity contribution in [3.63, 3.8) is 0 Å². The summed E-state index contributed by atoms with van der Waals surface area (Å²) in [6.45, 7) is 0. The average molecular weight is 811 g/mol. The van der Waals surface area contributed by atoms with E-state index in [0.29, 0.717) is 0 Å². The number of rotatable bonds is 13. The highest BCUT2D eigenvalue weighted by atomic mass is 15.0. The second kappa shape index (κ2) is 18.3. The van der Waals surface area contributed by atoms with Crippen LogP contribution in [-0.4, -0.2) is 19.5 Å². The molecule has 10 aromatic rings.